The Morgan fingerprint density at radius 2 is 1.96 bits per heavy atom. The van der Waals surface area contributed by atoms with E-state index in [4.69, 9.17) is 11.1 Å². The van der Waals surface area contributed by atoms with E-state index >= 15 is 0 Å². The maximum Gasteiger partial charge on any atom is 0.341 e. The Morgan fingerprint density at radius 1 is 1.26 bits per heavy atom. The molecule has 0 fully saturated rings. The Morgan fingerprint density at radius 3 is 2.52 bits per heavy atom. The van der Waals surface area contributed by atoms with Crippen LogP contribution in [0.1, 0.15) is 15.9 Å². The van der Waals surface area contributed by atoms with E-state index in [1.54, 1.807) is 0 Å². The van der Waals surface area contributed by atoms with Crippen LogP contribution in [0, 0.1) is 0 Å². The molecule has 0 aliphatic rings. The normalized spacial score (nSPS) is 10.2. The number of benzene rings is 1. The minimum Gasteiger partial charge on any atom is -0.364 e. The van der Waals surface area contributed by atoms with Crippen molar-refractivity contribution in [3.8, 4) is 0 Å². The van der Waals surface area contributed by atoms with E-state index in [0.29, 0.717) is 5.56 Å². The highest BCUT2D eigenvalue weighted by Crippen LogP contribution is 2.19. The average Bonchev–Trinajstić information content (AvgIpc) is 2.50. The number of hydrogen-bond donors (Lipinski definition) is 2. The quantitative estimate of drug-likeness (QED) is 0.446. The van der Waals surface area contributed by atoms with E-state index in [-0.39, 0.29) is 17.8 Å². The average molecular weight is 324 g/mol. The molecule has 120 valence electrons. The standard InChI is InChI=1S/C11H10F2N8O2/c12-11(13,10(14)23)5-17-9(22)7-1-6(4-18-20-15)2-8(3-7)19-21-16/h1-3H,4-5H2,(H2,14,23)(H,17,22). The lowest BCUT2D eigenvalue weighted by Crippen LogP contribution is -2.45. The molecule has 10 nitrogen and oxygen atoms in total. The molecular weight excluding hydrogens is 314 g/mol. The number of nitrogens with zero attached hydrogens (tertiary/aromatic N) is 6. The molecule has 0 radical (unpaired) electrons. The lowest BCUT2D eigenvalue weighted by molar-refractivity contribution is -0.140. The maximum absolute atomic E-state index is 13.1. The predicted molar refractivity (Wildman–Crippen MR) is 74.6 cm³/mol. The lowest BCUT2D eigenvalue weighted by Gasteiger charge is -2.13. The molecule has 12 heteroatoms. The second-order valence-corrected chi connectivity index (χ2v) is 4.22. The van der Waals surface area contributed by atoms with Gasteiger partial charge in [-0.3, -0.25) is 9.59 Å². The van der Waals surface area contributed by atoms with Crippen LogP contribution in [-0.2, 0) is 11.3 Å². The van der Waals surface area contributed by atoms with Gasteiger partial charge in [-0.25, -0.2) is 0 Å². The van der Waals surface area contributed by atoms with Gasteiger partial charge in [-0.15, -0.1) is 0 Å². The molecule has 0 heterocycles. The Kier molecular flexibility index (Phi) is 5.84. The first-order valence-corrected chi connectivity index (χ1v) is 5.96. The summed E-state index contributed by atoms with van der Waals surface area (Å²) < 4.78 is 26.1. The number of rotatable bonds is 7. The topological polar surface area (TPSA) is 170 Å². The monoisotopic (exact) mass is 324 g/mol. The number of alkyl halides is 2. The second kappa shape index (κ2) is 7.59. The molecule has 1 rings (SSSR count). The molecule has 0 saturated heterocycles. The SMILES string of the molecule is [N-]=[N+]=NCc1cc(N=[N+]=[N-])cc(C(=O)NCC(F)(F)C(N)=O)c1. The fourth-order valence-corrected chi connectivity index (χ4v) is 1.50. The molecule has 0 aromatic heterocycles. The van der Waals surface area contributed by atoms with E-state index in [0.717, 1.165) is 6.07 Å². The molecule has 0 aliphatic heterocycles. The molecule has 0 bridgehead atoms. The van der Waals surface area contributed by atoms with Gasteiger partial charge in [-0.1, -0.05) is 10.2 Å². The van der Waals surface area contributed by atoms with Gasteiger partial charge in [0.1, 0.15) is 0 Å². The van der Waals surface area contributed by atoms with Gasteiger partial charge >= 0.3 is 5.92 Å². The van der Waals surface area contributed by atoms with Crippen LogP contribution >= 0.6 is 0 Å². The molecule has 0 spiro atoms. The molecule has 0 unspecified atom stereocenters. The largest absolute Gasteiger partial charge is 0.364 e. The number of nitrogens with two attached hydrogens (primary N) is 1. The molecule has 0 atom stereocenters. The van der Waals surface area contributed by atoms with Crippen molar-refractivity contribution in [2.24, 2.45) is 16.0 Å². The van der Waals surface area contributed by atoms with Gasteiger partial charge in [-0.05, 0) is 34.8 Å². The molecule has 23 heavy (non-hydrogen) atoms. The zero-order valence-corrected chi connectivity index (χ0v) is 11.5. The molecule has 3 N–H and O–H groups in total. The third-order valence-electron chi connectivity index (χ3n) is 2.55. The molecule has 0 aliphatic carbocycles. The maximum atomic E-state index is 13.1. The Hall–Kier alpha value is -3.36. The fraction of sp³-hybridized carbons (Fsp3) is 0.273. The van der Waals surface area contributed by atoms with Crippen LogP contribution in [0.2, 0.25) is 0 Å². The van der Waals surface area contributed by atoms with Crippen LogP contribution < -0.4 is 11.1 Å². The number of carbonyl (C=O) groups is 2. The summed E-state index contributed by atoms with van der Waals surface area (Å²) in [6, 6.07) is 3.78. The van der Waals surface area contributed by atoms with Gasteiger partial charge in [0.25, 0.3) is 11.8 Å². The van der Waals surface area contributed by atoms with Crippen LogP contribution in [0.5, 0.6) is 0 Å². The first-order chi connectivity index (χ1) is 10.8. The number of amides is 2. The second-order valence-electron chi connectivity index (χ2n) is 4.22. The van der Waals surface area contributed by atoms with Gasteiger partial charge in [0.05, 0.1) is 13.1 Å². The Labute approximate surface area is 127 Å². The Balaban J connectivity index is 3.02. The predicted octanol–water partition coefficient (Wildman–Crippen LogP) is 2.29. The minimum atomic E-state index is -3.90. The summed E-state index contributed by atoms with van der Waals surface area (Å²) in [4.78, 5) is 27.4. The van der Waals surface area contributed by atoms with Crippen molar-refractivity contribution in [2.75, 3.05) is 6.54 Å². The van der Waals surface area contributed by atoms with Gasteiger partial charge in [0.15, 0.2) is 0 Å². The van der Waals surface area contributed by atoms with Crippen LogP contribution in [0.15, 0.2) is 28.4 Å². The minimum absolute atomic E-state index is 0.0324. The summed E-state index contributed by atoms with van der Waals surface area (Å²) in [5, 5.41) is 8.43. The summed E-state index contributed by atoms with van der Waals surface area (Å²) >= 11 is 0. The van der Waals surface area contributed by atoms with Crippen LogP contribution in [0.4, 0.5) is 14.5 Å². The fourth-order valence-electron chi connectivity index (χ4n) is 1.50. The van der Waals surface area contributed by atoms with Crippen molar-refractivity contribution < 1.29 is 18.4 Å². The summed E-state index contributed by atoms with van der Waals surface area (Å²) in [5.41, 5.74) is 21.4. The van der Waals surface area contributed by atoms with Gasteiger partial charge in [0, 0.05) is 21.1 Å². The highest BCUT2D eigenvalue weighted by Gasteiger charge is 2.36. The third-order valence-corrected chi connectivity index (χ3v) is 2.55. The summed E-state index contributed by atoms with van der Waals surface area (Å²) in [7, 11) is 0. The first kappa shape index (κ1) is 17.7. The number of primary amides is 1. The zero-order valence-electron chi connectivity index (χ0n) is 11.5. The van der Waals surface area contributed by atoms with Crippen molar-refractivity contribution in [3.05, 3.63) is 50.2 Å². The third kappa shape index (κ3) is 5.16. The van der Waals surface area contributed by atoms with Crippen molar-refractivity contribution in [2.45, 2.75) is 12.5 Å². The smallest absolute Gasteiger partial charge is 0.341 e. The van der Waals surface area contributed by atoms with E-state index in [9.17, 15) is 18.4 Å². The molecular formula is C11H10F2N8O2. The van der Waals surface area contributed by atoms with E-state index in [1.165, 1.54) is 12.1 Å². The molecule has 1 aromatic carbocycles. The summed E-state index contributed by atoms with van der Waals surface area (Å²) in [6.45, 7) is -1.42. The van der Waals surface area contributed by atoms with Gasteiger partial charge in [-0.2, -0.15) is 8.78 Å². The highest BCUT2D eigenvalue weighted by atomic mass is 19.3. The van der Waals surface area contributed by atoms with E-state index in [1.807, 2.05) is 5.32 Å². The van der Waals surface area contributed by atoms with Crippen molar-refractivity contribution in [1.82, 2.24) is 5.32 Å². The van der Waals surface area contributed by atoms with Crippen molar-refractivity contribution >= 4 is 17.5 Å². The number of halogens is 2. The van der Waals surface area contributed by atoms with E-state index in [2.05, 4.69) is 25.8 Å². The van der Waals surface area contributed by atoms with Crippen LogP contribution in [-0.4, -0.2) is 24.3 Å². The number of carbonyl (C=O) groups excluding carboxylic acids is 2. The van der Waals surface area contributed by atoms with Gasteiger partial charge in [0.2, 0.25) is 0 Å². The number of azide groups is 2. The van der Waals surface area contributed by atoms with Crippen LogP contribution in [0.25, 0.3) is 20.9 Å². The molecule has 0 saturated carbocycles. The highest BCUT2D eigenvalue weighted by molar-refractivity contribution is 5.95. The van der Waals surface area contributed by atoms with E-state index < -0.39 is 24.3 Å². The zero-order chi connectivity index (χ0) is 17.5. The lowest BCUT2D eigenvalue weighted by atomic mass is 10.1. The number of hydrogen-bond acceptors (Lipinski definition) is 4. The molecule has 1 aromatic rings. The van der Waals surface area contributed by atoms with Crippen LogP contribution in [0.3, 0.4) is 0 Å². The summed E-state index contributed by atoms with van der Waals surface area (Å²) in [5.74, 6) is -6.71. The Bertz CT molecular complexity index is 723. The molecule has 2 amide bonds. The van der Waals surface area contributed by atoms with Crippen molar-refractivity contribution in [3.63, 3.8) is 0 Å². The van der Waals surface area contributed by atoms with Crippen molar-refractivity contribution in [1.29, 1.82) is 0 Å². The van der Waals surface area contributed by atoms with Gasteiger partial charge < -0.3 is 11.1 Å². The number of nitrogens with one attached hydrogen (secondary N) is 1. The first-order valence-electron chi connectivity index (χ1n) is 5.96. The summed E-state index contributed by atoms with van der Waals surface area (Å²) in [6.07, 6.45) is 0.